The summed E-state index contributed by atoms with van der Waals surface area (Å²) in [4.78, 5) is 23.8. The first-order valence-electron chi connectivity index (χ1n) is 7.48. The van der Waals surface area contributed by atoms with Crippen molar-refractivity contribution in [2.75, 3.05) is 17.7 Å². The van der Waals surface area contributed by atoms with Crippen molar-refractivity contribution >= 4 is 23.3 Å². The number of aromatic nitrogens is 1. The van der Waals surface area contributed by atoms with Crippen LogP contribution in [-0.4, -0.2) is 23.1 Å². The van der Waals surface area contributed by atoms with E-state index in [1.54, 1.807) is 30.8 Å². The van der Waals surface area contributed by atoms with E-state index in [1.807, 2.05) is 24.3 Å². The normalized spacial score (nSPS) is 10.3. The van der Waals surface area contributed by atoms with E-state index in [-0.39, 0.29) is 5.91 Å². The standard InChI is InChI=1S/C17H21N3O3/c1-3-23-17(22)15-10-13(11-20(15)2)19-16(21)9-8-12-6-4-5-7-14(12)18/h4-7,10-11H,3,8-9,18H2,1-2H3,(H,19,21). The third-order valence-electron chi connectivity index (χ3n) is 3.45. The topological polar surface area (TPSA) is 86.3 Å². The number of amides is 1. The molecule has 0 radical (unpaired) electrons. The maximum Gasteiger partial charge on any atom is 0.355 e. The van der Waals surface area contributed by atoms with Crippen LogP contribution in [0.5, 0.6) is 0 Å². The predicted octanol–water partition coefficient (Wildman–Crippen LogP) is 2.36. The van der Waals surface area contributed by atoms with Gasteiger partial charge in [0.25, 0.3) is 0 Å². The molecule has 0 bridgehead atoms. The van der Waals surface area contributed by atoms with E-state index in [4.69, 9.17) is 10.5 Å². The lowest BCUT2D eigenvalue weighted by molar-refractivity contribution is -0.116. The summed E-state index contributed by atoms with van der Waals surface area (Å²) >= 11 is 0. The molecule has 0 aliphatic heterocycles. The van der Waals surface area contributed by atoms with Gasteiger partial charge in [0.1, 0.15) is 5.69 Å². The number of anilines is 2. The maximum absolute atomic E-state index is 12.0. The van der Waals surface area contributed by atoms with Crippen LogP contribution in [-0.2, 0) is 23.0 Å². The van der Waals surface area contributed by atoms with Crippen LogP contribution < -0.4 is 11.1 Å². The summed E-state index contributed by atoms with van der Waals surface area (Å²) in [5.41, 5.74) is 8.46. The predicted molar refractivity (Wildman–Crippen MR) is 89.2 cm³/mol. The molecule has 23 heavy (non-hydrogen) atoms. The second-order valence-electron chi connectivity index (χ2n) is 5.19. The number of para-hydroxylation sites is 1. The summed E-state index contributed by atoms with van der Waals surface area (Å²) in [5.74, 6) is -0.540. The molecule has 1 heterocycles. The Morgan fingerprint density at radius 2 is 2.04 bits per heavy atom. The van der Waals surface area contributed by atoms with Gasteiger partial charge in [-0.1, -0.05) is 18.2 Å². The Morgan fingerprint density at radius 3 is 2.74 bits per heavy atom. The van der Waals surface area contributed by atoms with Gasteiger partial charge in [0.05, 0.1) is 12.3 Å². The number of hydrogen-bond acceptors (Lipinski definition) is 4. The first-order chi connectivity index (χ1) is 11.0. The highest BCUT2D eigenvalue weighted by atomic mass is 16.5. The van der Waals surface area contributed by atoms with E-state index in [9.17, 15) is 9.59 Å². The van der Waals surface area contributed by atoms with Crippen LogP contribution >= 0.6 is 0 Å². The van der Waals surface area contributed by atoms with Crippen LogP contribution in [0.15, 0.2) is 36.5 Å². The van der Waals surface area contributed by atoms with E-state index in [0.29, 0.717) is 36.5 Å². The maximum atomic E-state index is 12.0. The molecule has 6 nitrogen and oxygen atoms in total. The number of esters is 1. The van der Waals surface area contributed by atoms with E-state index in [0.717, 1.165) is 5.56 Å². The molecular weight excluding hydrogens is 294 g/mol. The second-order valence-corrected chi connectivity index (χ2v) is 5.19. The Bertz CT molecular complexity index is 707. The van der Waals surface area contributed by atoms with Crippen molar-refractivity contribution in [3.63, 3.8) is 0 Å². The highest BCUT2D eigenvalue weighted by Gasteiger charge is 2.14. The number of carbonyl (C=O) groups is 2. The highest BCUT2D eigenvalue weighted by molar-refractivity contribution is 5.94. The van der Waals surface area contributed by atoms with Gasteiger partial charge in [0.15, 0.2) is 0 Å². The number of carbonyl (C=O) groups excluding carboxylic acids is 2. The van der Waals surface area contributed by atoms with Crippen molar-refractivity contribution in [1.82, 2.24) is 4.57 Å². The number of hydrogen-bond donors (Lipinski definition) is 2. The van der Waals surface area contributed by atoms with Gasteiger partial charge in [-0.15, -0.1) is 0 Å². The van der Waals surface area contributed by atoms with Crippen LogP contribution in [0.3, 0.4) is 0 Å². The fraction of sp³-hybridized carbons (Fsp3) is 0.294. The molecule has 0 aliphatic carbocycles. The van der Waals surface area contributed by atoms with Crippen LogP contribution in [0.4, 0.5) is 11.4 Å². The summed E-state index contributed by atoms with van der Waals surface area (Å²) < 4.78 is 6.59. The Kier molecular flexibility index (Phi) is 5.41. The van der Waals surface area contributed by atoms with Crippen LogP contribution in [0.1, 0.15) is 29.4 Å². The van der Waals surface area contributed by atoms with Crippen molar-refractivity contribution in [3.05, 3.63) is 47.8 Å². The van der Waals surface area contributed by atoms with Crippen molar-refractivity contribution in [2.45, 2.75) is 19.8 Å². The number of rotatable bonds is 6. The number of nitrogens with one attached hydrogen (secondary N) is 1. The fourth-order valence-electron chi connectivity index (χ4n) is 2.27. The molecule has 122 valence electrons. The van der Waals surface area contributed by atoms with E-state index < -0.39 is 5.97 Å². The summed E-state index contributed by atoms with van der Waals surface area (Å²) in [5, 5.41) is 2.78. The van der Waals surface area contributed by atoms with Gasteiger partial charge in [-0.2, -0.15) is 0 Å². The smallest absolute Gasteiger partial charge is 0.355 e. The highest BCUT2D eigenvalue weighted by Crippen LogP contribution is 2.16. The number of benzene rings is 1. The monoisotopic (exact) mass is 315 g/mol. The Labute approximate surface area is 135 Å². The van der Waals surface area contributed by atoms with Gasteiger partial charge in [0, 0.05) is 25.4 Å². The minimum atomic E-state index is -0.410. The zero-order valence-electron chi connectivity index (χ0n) is 13.3. The zero-order valence-corrected chi connectivity index (χ0v) is 13.3. The lowest BCUT2D eigenvalue weighted by atomic mass is 10.1. The minimum Gasteiger partial charge on any atom is -0.461 e. The van der Waals surface area contributed by atoms with Gasteiger partial charge < -0.3 is 20.4 Å². The van der Waals surface area contributed by atoms with Crippen molar-refractivity contribution < 1.29 is 14.3 Å². The van der Waals surface area contributed by atoms with E-state index in [2.05, 4.69) is 5.32 Å². The van der Waals surface area contributed by atoms with Gasteiger partial charge in [-0.05, 0) is 31.0 Å². The third-order valence-corrected chi connectivity index (χ3v) is 3.45. The molecule has 0 unspecified atom stereocenters. The Hall–Kier alpha value is -2.76. The lowest BCUT2D eigenvalue weighted by Crippen LogP contribution is -2.12. The SMILES string of the molecule is CCOC(=O)c1cc(NC(=O)CCc2ccccc2N)cn1C. The quantitative estimate of drug-likeness (QED) is 0.633. The molecular formula is C17H21N3O3. The van der Waals surface area contributed by atoms with Crippen molar-refractivity contribution in [2.24, 2.45) is 7.05 Å². The number of nitrogen functional groups attached to an aromatic ring is 1. The average Bonchev–Trinajstić information content (AvgIpc) is 2.87. The molecule has 2 rings (SSSR count). The first kappa shape index (κ1) is 16.6. The molecule has 0 saturated carbocycles. The van der Waals surface area contributed by atoms with E-state index >= 15 is 0 Å². The van der Waals surface area contributed by atoms with Gasteiger partial charge in [0.2, 0.25) is 5.91 Å². The molecule has 0 spiro atoms. The van der Waals surface area contributed by atoms with Gasteiger partial charge >= 0.3 is 5.97 Å². The molecule has 0 aliphatic rings. The lowest BCUT2D eigenvalue weighted by Gasteiger charge is -2.05. The van der Waals surface area contributed by atoms with Crippen LogP contribution in [0.2, 0.25) is 0 Å². The summed E-state index contributed by atoms with van der Waals surface area (Å²) in [7, 11) is 1.73. The van der Waals surface area contributed by atoms with Gasteiger partial charge in [-0.25, -0.2) is 4.79 Å². The van der Waals surface area contributed by atoms with Crippen LogP contribution in [0.25, 0.3) is 0 Å². The third kappa shape index (κ3) is 4.35. The molecule has 1 aromatic carbocycles. The number of nitrogens with zero attached hydrogens (tertiary/aromatic N) is 1. The summed E-state index contributed by atoms with van der Waals surface area (Å²) in [6.45, 7) is 2.06. The van der Waals surface area contributed by atoms with E-state index in [1.165, 1.54) is 0 Å². The average molecular weight is 315 g/mol. The van der Waals surface area contributed by atoms with Crippen LogP contribution in [0, 0.1) is 0 Å². The summed E-state index contributed by atoms with van der Waals surface area (Å²) in [6.07, 6.45) is 2.56. The Balaban J connectivity index is 1.94. The number of nitrogens with two attached hydrogens (primary N) is 1. The molecule has 2 aromatic rings. The van der Waals surface area contributed by atoms with Crippen molar-refractivity contribution in [1.29, 1.82) is 0 Å². The molecule has 1 aromatic heterocycles. The molecule has 3 N–H and O–H groups in total. The molecule has 0 fully saturated rings. The number of aryl methyl sites for hydroxylation is 2. The van der Waals surface area contributed by atoms with Crippen molar-refractivity contribution in [3.8, 4) is 0 Å². The molecule has 0 saturated heterocycles. The minimum absolute atomic E-state index is 0.130. The first-order valence-corrected chi connectivity index (χ1v) is 7.48. The largest absolute Gasteiger partial charge is 0.461 e. The number of ether oxygens (including phenoxy) is 1. The molecule has 1 amide bonds. The molecule has 6 heteroatoms. The summed E-state index contributed by atoms with van der Waals surface area (Å²) in [6, 6.07) is 9.08. The fourth-order valence-corrected chi connectivity index (χ4v) is 2.27. The Morgan fingerprint density at radius 1 is 1.30 bits per heavy atom. The van der Waals surface area contributed by atoms with Gasteiger partial charge in [-0.3, -0.25) is 4.79 Å². The molecule has 0 atom stereocenters. The second kappa shape index (κ2) is 7.49. The zero-order chi connectivity index (χ0) is 16.8.